The first kappa shape index (κ1) is 38.9. The van der Waals surface area contributed by atoms with E-state index in [9.17, 15) is 48.0 Å². The summed E-state index contributed by atoms with van der Waals surface area (Å²) in [5.74, 6) is 0. The van der Waals surface area contributed by atoms with Crippen molar-refractivity contribution in [3.63, 3.8) is 0 Å². The van der Waals surface area contributed by atoms with Crippen molar-refractivity contribution in [3.8, 4) is 0 Å². The van der Waals surface area contributed by atoms with E-state index >= 15 is 0 Å². The summed E-state index contributed by atoms with van der Waals surface area (Å²) < 4.78 is 45.1. The quantitative estimate of drug-likeness (QED) is 0.0578. The van der Waals surface area contributed by atoms with Gasteiger partial charge in [0.15, 0.2) is 30.4 Å². The summed E-state index contributed by atoms with van der Waals surface area (Å²) in [6.45, 7) is -2.10. The van der Waals surface area contributed by atoms with E-state index in [4.69, 9.17) is 19.6 Å². The Morgan fingerprint density at radius 1 is 0.657 bits per heavy atom. The number of aromatic amines is 2. The van der Waals surface area contributed by atoms with Gasteiger partial charge in [0, 0.05) is 0 Å². The van der Waals surface area contributed by atoms with E-state index < -0.39 is 53.6 Å². The molecule has 20 nitrogen and oxygen atoms in total. The molecule has 2 aromatic rings. The number of H-pyrrole nitrogens is 2. The molecular formula is C10H24MnN4O16P4+2. The third kappa shape index (κ3) is 9.32. The standard InChI is InChI=1S/2C5H10N2O7P2.Mn.2H2O/c2*8-5(15(9,10)11,16(12,13)14)3-7-2-1-6-4-7;;;/h2*1-2,4,8H,3H2,(H4,9,10,11,12,13,14);;2*1H2/q;;+2;;. The monoisotopic (exact) mass is 635 g/mol. The van der Waals surface area contributed by atoms with Gasteiger partial charge in [-0.05, 0) is 0 Å². The van der Waals surface area contributed by atoms with E-state index in [0.717, 1.165) is 21.8 Å². The fraction of sp³-hybridized carbons (Fsp3) is 0.400. The number of rotatable bonds is 8. The van der Waals surface area contributed by atoms with Crippen molar-refractivity contribution in [3.05, 3.63) is 37.4 Å². The first-order valence-electron chi connectivity index (χ1n) is 7.80. The number of aromatic nitrogens is 4. The molecule has 0 fully saturated rings. The van der Waals surface area contributed by atoms with E-state index in [1.54, 1.807) is 0 Å². The number of imidazole rings is 2. The maximum Gasteiger partial charge on any atom is 2.00 e. The maximum atomic E-state index is 10.8. The Kier molecular flexibility index (Phi) is 14.7. The van der Waals surface area contributed by atoms with Gasteiger partial charge < -0.3 is 78.6 Å². The molecule has 2 rings (SSSR count). The summed E-state index contributed by atoms with van der Waals surface area (Å²) >= 11 is 0. The van der Waals surface area contributed by atoms with E-state index in [1.165, 1.54) is 24.8 Å². The Labute approximate surface area is 206 Å². The van der Waals surface area contributed by atoms with Crippen LogP contribution in [0.3, 0.4) is 0 Å². The molecule has 1 radical (unpaired) electrons. The SMILES string of the molecule is O=P([O-])(O)C(O)(C[n+]1cc[nH]c1)P(=O)([O-])O.O=P([O-])(O)C(O)(C[n+]1cc[nH]c1)P(=O)([O-])O.[Mn+2].[OH3+].[OH3+]. The fourth-order valence-electron chi connectivity index (χ4n) is 2.00. The predicted molar refractivity (Wildman–Crippen MR) is 101 cm³/mol. The molecule has 0 aliphatic rings. The molecule has 0 aliphatic carbocycles. The van der Waals surface area contributed by atoms with Crippen LogP contribution in [-0.4, -0.2) is 49.9 Å². The van der Waals surface area contributed by atoms with Gasteiger partial charge in [-0.15, -0.1) is 0 Å². The molecule has 205 valence electrons. The van der Waals surface area contributed by atoms with Crippen molar-refractivity contribution >= 4 is 30.4 Å². The van der Waals surface area contributed by atoms with E-state index in [0.29, 0.717) is 0 Å². The molecule has 4 atom stereocenters. The summed E-state index contributed by atoms with van der Waals surface area (Å²) in [5, 5.41) is 11.4. The fourth-order valence-corrected chi connectivity index (χ4v) is 5.93. The van der Waals surface area contributed by atoms with Gasteiger partial charge in [-0.1, -0.05) is 0 Å². The Morgan fingerprint density at radius 3 is 1.03 bits per heavy atom. The van der Waals surface area contributed by atoms with E-state index in [-0.39, 0.29) is 28.0 Å². The van der Waals surface area contributed by atoms with Crippen molar-refractivity contribution in [2.24, 2.45) is 0 Å². The molecule has 0 bridgehead atoms. The van der Waals surface area contributed by atoms with Crippen molar-refractivity contribution < 1.29 is 105 Å². The third-order valence-electron chi connectivity index (χ3n) is 3.80. The largest absolute Gasteiger partial charge is 2.00 e. The topological polar surface area (TPSA) is 387 Å². The number of hydrogen-bond acceptors (Lipinski definition) is 10. The molecule has 4 unspecified atom stereocenters. The molecule has 0 aliphatic heterocycles. The predicted octanol–water partition coefficient (Wildman–Crippen LogP) is -7.77. The molecule has 0 amide bonds. The van der Waals surface area contributed by atoms with E-state index in [2.05, 4.69) is 9.97 Å². The number of hydrogen-bond donors (Lipinski definition) is 8. The molecule has 25 heteroatoms. The minimum Gasteiger partial charge on any atom is -0.776 e. The van der Waals surface area contributed by atoms with Crippen LogP contribution in [0.5, 0.6) is 0 Å². The molecule has 2 heterocycles. The average Bonchev–Trinajstić information content (AvgIpc) is 3.25. The first-order chi connectivity index (χ1) is 14.2. The summed E-state index contributed by atoms with van der Waals surface area (Å²) in [5.41, 5.74) is 0. The van der Waals surface area contributed by atoms with Gasteiger partial charge in [-0.2, -0.15) is 0 Å². The molecule has 0 saturated heterocycles. The summed E-state index contributed by atoms with van der Waals surface area (Å²) in [7, 11) is -22.8. The molecule has 2 aromatic heterocycles. The van der Waals surface area contributed by atoms with Crippen LogP contribution in [0, 0.1) is 0 Å². The average molecular weight is 635 g/mol. The minimum absolute atomic E-state index is 0. The van der Waals surface area contributed by atoms with Crippen molar-refractivity contribution in [1.82, 2.24) is 9.97 Å². The Bertz CT molecular complexity index is 942. The number of nitrogens with zero attached hydrogens (tertiary/aromatic N) is 2. The van der Waals surface area contributed by atoms with Crippen molar-refractivity contribution in [2.75, 3.05) is 0 Å². The van der Waals surface area contributed by atoms with Gasteiger partial charge in [0.25, 0.3) is 0 Å². The minimum atomic E-state index is -5.71. The van der Waals surface area contributed by atoms with Crippen LogP contribution in [0.15, 0.2) is 37.4 Å². The summed E-state index contributed by atoms with van der Waals surface area (Å²) in [4.78, 5) is 82.8. The van der Waals surface area contributed by atoms with Crippen LogP contribution in [-0.2, 0) is 59.4 Å². The van der Waals surface area contributed by atoms with Crippen LogP contribution in [0.1, 0.15) is 0 Å². The zero-order chi connectivity index (χ0) is 25.2. The molecular weight excluding hydrogens is 611 g/mol. The Hall–Kier alpha value is -0.621. The smallest absolute Gasteiger partial charge is 0.776 e. The van der Waals surface area contributed by atoms with Crippen LogP contribution in [0.2, 0.25) is 0 Å². The van der Waals surface area contributed by atoms with Crippen LogP contribution in [0.25, 0.3) is 0 Å². The second-order valence-corrected chi connectivity index (χ2v) is 14.0. The summed E-state index contributed by atoms with van der Waals surface area (Å²) in [6, 6.07) is 0. The first-order valence-corrected chi connectivity index (χ1v) is 14.1. The van der Waals surface area contributed by atoms with Gasteiger partial charge in [0.05, 0.1) is 0 Å². The Morgan fingerprint density at radius 2 is 0.886 bits per heavy atom. The molecule has 0 saturated carbocycles. The molecule has 35 heavy (non-hydrogen) atoms. The molecule has 0 spiro atoms. The van der Waals surface area contributed by atoms with Gasteiger partial charge in [-0.25, -0.2) is 9.13 Å². The third-order valence-corrected chi connectivity index (χ3v) is 11.0. The second-order valence-electron chi connectivity index (χ2n) is 6.20. The van der Waals surface area contributed by atoms with Gasteiger partial charge in [0.2, 0.25) is 22.8 Å². The zero-order valence-electron chi connectivity index (χ0n) is 17.0. The van der Waals surface area contributed by atoms with Crippen LogP contribution < -0.4 is 28.7 Å². The van der Waals surface area contributed by atoms with Gasteiger partial charge >= 0.3 is 17.1 Å². The van der Waals surface area contributed by atoms with Crippen molar-refractivity contribution in [1.29, 1.82) is 0 Å². The van der Waals surface area contributed by atoms with Gasteiger partial charge in [0.1, 0.15) is 37.9 Å². The van der Waals surface area contributed by atoms with Crippen LogP contribution in [0.4, 0.5) is 0 Å². The number of aliphatic hydroxyl groups is 2. The van der Waals surface area contributed by atoms with Crippen molar-refractivity contribution in [2.45, 2.75) is 23.3 Å². The van der Waals surface area contributed by atoms with Gasteiger partial charge in [-0.3, -0.25) is 9.97 Å². The maximum absolute atomic E-state index is 10.8. The Balaban J connectivity index is -0.000000539. The van der Waals surface area contributed by atoms with Crippen LogP contribution >= 0.6 is 30.4 Å². The summed E-state index contributed by atoms with van der Waals surface area (Å²) in [6.07, 6.45) is 7.32. The molecule has 0 aromatic carbocycles. The van der Waals surface area contributed by atoms with E-state index in [1.807, 2.05) is 0 Å². The number of nitrogens with one attached hydrogen (secondary N) is 2. The zero-order valence-corrected chi connectivity index (χ0v) is 21.8. The normalized spacial score (nSPS) is 21.1. The molecule has 14 N–H and O–H groups in total. The second kappa shape index (κ2) is 13.3.